The van der Waals surface area contributed by atoms with Gasteiger partial charge in [-0.2, -0.15) is 0 Å². The maximum absolute atomic E-state index is 10.8. The molecular formula is C23H40O5. The fraction of sp³-hybridized carbons (Fsp3) is 0.870. The summed E-state index contributed by atoms with van der Waals surface area (Å²) in [4.78, 5) is 10.8. The average Bonchev–Trinajstić information content (AvgIpc) is 2.68. The molecule has 0 aliphatic carbocycles. The highest BCUT2D eigenvalue weighted by Gasteiger charge is 2.32. The van der Waals surface area contributed by atoms with Gasteiger partial charge in [-0.1, -0.05) is 19.4 Å². The quantitative estimate of drug-likeness (QED) is 0.258. The molecule has 5 unspecified atom stereocenters. The van der Waals surface area contributed by atoms with Crippen LogP contribution in [0.2, 0.25) is 0 Å². The third kappa shape index (κ3) is 8.32. The first-order valence-corrected chi connectivity index (χ1v) is 11.2. The van der Waals surface area contributed by atoms with E-state index in [2.05, 4.69) is 13.5 Å². The molecule has 0 amide bonds. The smallest absolute Gasteiger partial charge is 0.122 e. The summed E-state index contributed by atoms with van der Waals surface area (Å²) < 4.78 is 24.3. The van der Waals surface area contributed by atoms with E-state index in [1.54, 1.807) is 7.11 Å². The first kappa shape index (κ1) is 23.5. The Morgan fingerprint density at radius 3 is 2.50 bits per heavy atom. The van der Waals surface area contributed by atoms with E-state index in [4.69, 9.17) is 18.9 Å². The van der Waals surface area contributed by atoms with Crippen LogP contribution in [0.3, 0.4) is 0 Å². The van der Waals surface area contributed by atoms with Crippen molar-refractivity contribution in [3.05, 3.63) is 12.7 Å². The van der Waals surface area contributed by atoms with Gasteiger partial charge in [0.15, 0.2) is 0 Å². The Labute approximate surface area is 171 Å². The Morgan fingerprint density at radius 1 is 1.07 bits per heavy atom. The van der Waals surface area contributed by atoms with Crippen LogP contribution in [0, 0.1) is 0 Å². The van der Waals surface area contributed by atoms with Gasteiger partial charge in [-0.25, -0.2) is 0 Å². The van der Waals surface area contributed by atoms with Gasteiger partial charge in [0.1, 0.15) is 6.29 Å². The summed E-state index contributed by atoms with van der Waals surface area (Å²) in [7, 11) is 1.77. The lowest BCUT2D eigenvalue weighted by Crippen LogP contribution is -2.40. The number of hydrogen-bond acceptors (Lipinski definition) is 5. The number of ether oxygens (including phenoxy) is 4. The number of hydrogen-bond donors (Lipinski definition) is 0. The van der Waals surface area contributed by atoms with Crippen molar-refractivity contribution in [1.29, 1.82) is 0 Å². The van der Waals surface area contributed by atoms with Gasteiger partial charge in [0, 0.05) is 26.6 Å². The van der Waals surface area contributed by atoms with Gasteiger partial charge in [0.2, 0.25) is 0 Å². The van der Waals surface area contributed by atoms with Crippen molar-refractivity contribution in [1.82, 2.24) is 0 Å². The molecule has 0 radical (unpaired) electrons. The number of rotatable bonds is 13. The Bertz CT molecular complexity index is 441. The predicted octanol–water partition coefficient (Wildman–Crippen LogP) is 4.62. The topological polar surface area (TPSA) is 54.0 Å². The van der Waals surface area contributed by atoms with Crippen LogP contribution in [0.4, 0.5) is 0 Å². The third-order valence-corrected chi connectivity index (χ3v) is 5.90. The van der Waals surface area contributed by atoms with E-state index < -0.39 is 0 Å². The molecule has 5 heteroatoms. The highest BCUT2D eigenvalue weighted by atomic mass is 16.5. The Hall–Kier alpha value is -0.750. The molecule has 0 saturated carbocycles. The Morgan fingerprint density at radius 2 is 1.79 bits per heavy atom. The number of aldehydes is 1. The highest BCUT2D eigenvalue weighted by Crippen LogP contribution is 2.30. The summed E-state index contributed by atoms with van der Waals surface area (Å²) in [5.41, 5.74) is 0. The van der Waals surface area contributed by atoms with E-state index >= 15 is 0 Å². The van der Waals surface area contributed by atoms with E-state index in [-0.39, 0.29) is 36.6 Å². The van der Waals surface area contributed by atoms with E-state index in [1.165, 1.54) is 0 Å². The average molecular weight is 397 g/mol. The minimum absolute atomic E-state index is 0.0769. The summed E-state index contributed by atoms with van der Waals surface area (Å²) >= 11 is 0. The van der Waals surface area contributed by atoms with Crippen molar-refractivity contribution in [2.24, 2.45) is 0 Å². The molecule has 0 N–H and O–H groups in total. The summed E-state index contributed by atoms with van der Waals surface area (Å²) in [6.07, 6.45) is 14.2. The van der Waals surface area contributed by atoms with Crippen molar-refractivity contribution in [2.45, 2.75) is 114 Å². The number of unbranched alkanes of at least 4 members (excludes halogenated alkanes) is 1. The molecule has 2 fully saturated rings. The lowest BCUT2D eigenvalue weighted by molar-refractivity contribution is -0.133. The Kier molecular flexibility index (Phi) is 11.3. The van der Waals surface area contributed by atoms with Gasteiger partial charge in [-0.15, -0.1) is 6.58 Å². The predicted molar refractivity (Wildman–Crippen MR) is 111 cm³/mol. The van der Waals surface area contributed by atoms with E-state index in [1.807, 2.05) is 6.08 Å². The van der Waals surface area contributed by atoms with Crippen LogP contribution < -0.4 is 0 Å². The summed E-state index contributed by atoms with van der Waals surface area (Å²) in [5.74, 6) is 0. The van der Waals surface area contributed by atoms with Crippen LogP contribution in [0.15, 0.2) is 12.7 Å². The zero-order valence-electron chi connectivity index (χ0n) is 17.9. The van der Waals surface area contributed by atoms with Crippen LogP contribution in [0.1, 0.15) is 77.6 Å². The molecular weight excluding hydrogens is 356 g/mol. The second-order valence-corrected chi connectivity index (χ2v) is 8.26. The van der Waals surface area contributed by atoms with Gasteiger partial charge in [-0.3, -0.25) is 0 Å². The molecule has 2 aliphatic heterocycles. The van der Waals surface area contributed by atoms with Crippen molar-refractivity contribution in [2.75, 3.05) is 13.7 Å². The SMILES string of the molecule is C=CCC1CC(OCCCC)CC(C[C@@H](CC2CCCC(CC=O)O2)OC)O1. The van der Waals surface area contributed by atoms with Gasteiger partial charge >= 0.3 is 0 Å². The van der Waals surface area contributed by atoms with Crippen LogP contribution in [0.25, 0.3) is 0 Å². The monoisotopic (exact) mass is 396 g/mol. The van der Waals surface area contributed by atoms with Crippen LogP contribution in [0.5, 0.6) is 0 Å². The minimum atomic E-state index is 0.0769. The number of carbonyl (C=O) groups excluding carboxylic acids is 1. The molecule has 6 atom stereocenters. The standard InChI is InChI=1S/C23H40O5/c1-4-6-13-26-22-15-19(8-5-2)28-23(17-22)16-21(25-3)14-20-10-7-9-18(27-20)11-12-24/h5,12,18-23H,2,4,6-11,13-17H2,1,3H3/t18?,19?,20?,21-,22?,23?/m1/s1. The fourth-order valence-corrected chi connectivity index (χ4v) is 4.40. The van der Waals surface area contributed by atoms with Gasteiger partial charge in [0.25, 0.3) is 0 Å². The van der Waals surface area contributed by atoms with Crippen LogP contribution >= 0.6 is 0 Å². The molecule has 162 valence electrons. The second-order valence-electron chi connectivity index (χ2n) is 8.26. The van der Waals surface area contributed by atoms with Crippen molar-refractivity contribution in [3.8, 4) is 0 Å². The fourth-order valence-electron chi connectivity index (χ4n) is 4.40. The molecule has 2 rings (SSSR count). The van der Waals surface area contributed by atoms with Crippen molar-refractivity contribution < 1.29 is 23.7 Å². The zero-order valence-corrected chi connectivity index (χ0v) is 17.9. The first-order chi connectivity index (χ1) is 13.7. The van der Waals surface area contributed by atoms with Gasteiger partial charge in [0.05, 0.1) is 36.6 Å². The third-order valence-electron chi connectivity index (χ3n) is 5.90. The molecule has 28 heavy (non-hydrogen) atoms. The van der Waals surface area contributed by atoms with Crippen LogP contribution in [-0.4, -0.2) is 56.6 Å². The normalized spacial score (nSPS) is 32.0. The molecule has 0 spiro atoms. The molecule has 0 aromatic heterocycles. The lowest BCUT2D eigenvalue weighted by Gasteiger charge is -2.37. The largest absolute Gasteiger partial charge is 0.381 e. The molecule has 2 saturated heterocycles. The molecule has 0 bridgehead atoms. The van der Waals surface area contributed by atoms with Gasteiger partial charge < -0.3 is 23.7 Å². The van der Waals surface area contributed by atoms with E-state index in [9.17, 15) is 4.79 Å². The molecule has 5 nitrogen and oxygen atoms in total. The number of carbonyl (C=O) groups is 1. The summed E-state index contributed by atoms with van der Waals surface area (Å²) in [6, 6.07) is 0. The minimum Gasteiger partial charge on any atom is -0.381 e. The zero-order chi connectivity index (χ0) is 20.2. The van der Waals surface area contributed by atoms with E-state index in [0.29, 0.717) is 6.42 Å². The summed E-state index contributed by atoms with van der Waals surface area (Å²) in [6.45, 7) is 6.89. The van der Waals surface area contributed by atoms with Crippen LogP contribution in [-0.2, 0) is 23.7 Å². The molecule has 2 heterocycles. The molecule has 0 aromatic rings. The van der Waals surface area contributed by atoms with Gasteiger partial charge in [-0.05, 0) is 51.4 Å². The summed E-state index contributed by atoms with van der Waals surface area (Å²) in [5, 5.41) is 0. The number of methoxy groups -OCH3 is 1. The molecule has 2 aliphatic rings. The Balaban J connectivity index is 1.85. The highest BCUT2D eigenvalue weighted by molar-refractivity contribution is 5.50. The van der Waals surface area contributed by atoms with E-state index in [0.717, 1.165) is 77.1 Å². The van der Waals surface area contributed by atoms with Crippen molar-refractivity contribution in [3.63, 3.8) is 0 Å². The van der Waals surface area contributed by atoms with Crippen molar-refractivity contribution >= 4 is 6.29 Å². The molecule has 0 aromatic carbocycles. The maximum atomic E-state index is 10.8. The second kappa shape index (κ2) is 13.5. The first-order valence-electron chi connectivity index (χ1n) is 11.2. The lowest BCUT2D eigenvalue weighted by atomic mass is 9.92. The maximum Gasteiger partial charge on any atom is 0.122 e.